The molecule has 2 aromatic carbocycles. The van der Waals surface area contributed by atoms with Crippen molar-refractivity contribution in [2.45, 2.75) is 21.9 Å². The summed E-state index contributed by atoms with van der Waals surface area (Å²) < 4.78 is 29.8. The molecule has 0 spiro atoms. The molecular weight excluding hydrogens is 504 g/mol. The van der Waals surface area contributed by atoms with Crippen LogP contribution in [0, 0.1) is 0 Å². The van der Waals surface area contributed by atoms with Gasteiger partial charge in [-0.15, -0.1) is 10.2 Å². The van der Waals surface area contributed by atoms with E-state index < -0.39 is 15.7 Å². The SMILES string of the molecule is CCS(=O)(=O)c1ccc(-c2cc(C(=O)Nc3nnc(SCc4ccccc4Cl)s3)no2)cc1. The van der Waals surface area contributed by atoms with Gasteiger partial charge in [-0.05, 0) is 35.9 Å². The molecule has 8 nitrogen and oxygen atoms in total. The molecule has 2 heterocycles. The Morgan fingerprint density at radius 2 is 1.91 bits per heavy atom. The highest BCUT2D eigenvalue weighted by molar-refractivity contribution is 8.00. The largest absolute Gasteiger partial charge is 0.355 e. The van der Waals surface area contributed by atoms with E-state index in [1.54, 1.807) is 19.1 Å². The molecule has 12 heteroatoms. The summed E-state index contributed by atoms with van der Waals surface area (Å²) in [6.07, 6.45) is 0. The predicted octanol–water partition coefficient (Wildman–Crippen LogP) is 5.18. The summed E-state index contributed by atoms with van der Waals surface area (Å²) in [6.45, 7) is 1.59. The molecule has 0 aliphatic rings. The van der Waals surface area contributed by atoms with E-state index in [0.717, 1.165) is 5.56 Å². The number of benzene rings is 2. The van der Waals surface area contributed by atoms with E-state index in [9.17, 15) is 13.2 Å². The third-order valence-corrected chi connectivity index (χ3v) is 8.70. The minimum Gasteiger partial charge on any atom is -0.355 e. The molecule has 0 bridgehead atoms. The van der Waals surface area contributed by atoms with Gasteiger partial charge in [-0.1, -0.05) is 65.0 Å². The molecule has 170 valence electrons. The number of aromatic nitrogens is 3. The number of amides is 1. The minimum atomic E-state index is -3.29. The summed E-state index contributed by atoms with van der Waals surface area (Å²) in [5, 5.41) is 15.5. The topological polar surface area (TPSA) is 115 Å². The first-order valence-electron chi connectivity index (χ1n) is 9.66. The number of hydrogen-bond donors (Lipinski definition) is 1. The molecule has 0 unspecified atom stereocenters. The van der Waals surface area contributed by atoms with Gasteiger partial charge >= 0.3 is 0 Å². The van der Waals surface area contributed by atoms with Crippen LogP contribution in [0.25, 0.3) is 11.3 Å². The number of sulfone groups is 1. The van der Waals surface area contributed by atoms with Crippen LogP contribution in [0.3, 0.4) is 0 Å². The molecular formula is C21H17ClN4O4S3. The Bertz CT molecular complexity index is 1380. The number of anilines is 1. The summed E-state index contributed by atoms with van der Waals surface area (Å²) in [6, 6.07) is 15.3. The van der Waals surface area contributed by atoms with Crippen molar-refractivity contribution in [3.63, 3.8) is 0 Å². The molecule has 2 aromatic heterocycles. The number of carbonyl (C=O) groups is 1. The maximum atomic E-state index is 12.5. The lowest BCUT2D eigenvalue weighted by Gasteiger charge is -2.01. The maximum absolute atomic E-state index is 12.5. The number of nitrogens with zero attached hydrogens (tertiary/aromatic N) is 3. The molecule has 4 rings (SSSR count). The zero-order valence-corrected chi connectivity index (χ0v) is 20.4. The van der Waals surface area contributed by atoms with E-state index in [1.165, 1.54) is 41.3 Å². The van der Waals surface area contributed by atoms with Crippen LogP contribution in [-0.2, 0) is 15.6 Å². The number of hydrogen-bond acceptors (Lipinski definition) is 9. The van der Waals surface area contributed by atoms with Crippen LogP contribution in [-0.4, -0.2) is 35.4 Å². The Morgan fingerprint density at radius 3 is 2.64 bits per heavy atom. The number of thioether (sulfide) groups is 1. The van der Waals surface area contributed by atoms with Crippen LogP contribution in [0.1, 0.15) is 23.0 Å². The Balaban J connectivity index is 1.39. The number of rotatable bonds is 8. The highest BCUT2D eigenvalue weighted by Gasteiger charge is 2.17. The third kappa shape index (κ3) is 5.61. The minimum absolute atomic E-state index is 0.0187. The molecule has 0 fully saturated rings. The Morgan fingerprint density at radius 1 is 1.15 bits per heavy atom. The lowest BCUT2D eigenvalue weighted by molar-refractivity contribution is 0.101. The quantitative estimate of drug-likeness (QED) is 0.249. The van der Waals surface area contributed by atoms with Crippen molar-refractivity contribution in [1.82, 2.24) is 15.4 Å². The zero-order chi connectivity index (χ0) is 23.4. The van der Waals surface area contributed by atoms with Crippen molar-refractivity contribution in [2.24, 2.45) is 0 Å². The van der Waals surface area contributed by atoms with E-state index in [1.807, 2.05) is 24.3 Å². The van der Waals surface area contributed by atoms with Gasteiger partial charge < -0.3 is 4.52 Å². The Labute approximate surface area is 203 Å². The van der Waals surface area contributed by atoms with Crippen LogP contribution in [0.2, 0.25) is 5.02 Å². The van der Waals surface area contributed by atoms with Crippen LogP contribution >= 0.6 is 34.7 Å². The summed E-state index contributed by atoms with van der Waals surface area (Å²) in [5.74, 6) is 0.501. The standard InChI is InChI=1S/C21H17ClN4O4S3/c1-2-33(28,29)15-9-7-13(8-10-15)18-11-17(26-30-18)19(27)23-20-24-25-21(32-20)31-12-14-5-3-4-6-16(14)22/h3-11H,2,12H2,1H3,(H,23,24,27). The highest BCUT2D eigenvalue weighted by Crippen LogP contribution is 2.30. The van der Waals surface area contributed by atoms with Gasteiger partial charge in [0.05, 0.1) is 10.6 Å². The van der Waals surface area contributed by atoms with E-state index in [0.29, 0.717) is 31.6 Å². The first-order valence-corrected chi connectivity index (χ1v) is 13.5. The van der Waals surface area contributed by atoms with Crippen LogP contribution in [0.15, 0.2) is 68.4 Å². The smallest absolute Gasteiger partial charge is 0.279 e. The van der Waals surface area contributed by atoms with Gasteiger partial charge in [-0.3, -0.25) is 10.1 Å². The molecule has 0 atom stereocenters. The molecule has 0 aliphatic carbocycles. The first kappa shape index (κ1) is 23.4. The molecule has 1 amide bonds. The monoisotopic (exact) mass is 520 g/mol. The van der Waals surface area contributed by atoms with Crippen LogP contribution < -0.4 is 5.32 Å². The fourth-order valence-corrected chi connectivity index (χ4v) is 5.66. The van der Waals surface area contributed by atoms with Crippen LogP contribution in [0.4, 0.5) is 5.13 Å². The van der Waals surface area contributed by atoms with Gasteiger partial charge in [-0.25, -0.2) is 8.42 Å². The average Bonchev–Trinajstić information content (AvgIpc) is 3.49. The Hall–Kier alpha value is -2.73. The first-order chi connectivity index (χ1) is 15.9. The second kappa shape index (κ2) is 10.0. The van der Waals surface area contributed by atoms with Crippen molar-refractivity contribution in [1.29, 1.82) is 0 Å². The maximum Gasteiger partial charge on any atom is 0.279 e. The summed E-state index contributed by atoms with van der Waals surface area (Å²) in [7, 11) is -3.29. The third-order valence-electron chi connectivity index (χ3n) is 4.56. The molecule has 0 saturated carbocycles. The lowest BCUT2D eigenvalue weighted by Crippen LogP contribution is -2.11. The van der Waals surface area contributed by atoms with E-state index in [-0.39, 0.29) is 16.3 Å². The van der Waals surface area contributed by atoms with Gasteiger partial charge in [0.2, 0.25) is 5.13 Å². The molecule has 0 radical (unpaired) electrons. The number of halogens is 1. The lowest BCUT2D eigenvalue weighted by atomic mass is 10.1. The average molecular weight is 521 g/mol. The highest BCUT2D eigenvalue weighted by atomic mass is 35.5. The molecule has 0 aliphatic heterocycles. The van der Waals surface area contributed by atoms with E-state index in [4.69, 9.17) is 16.1 Å². The van der Waals surface area contributed by atoms with Gasteiger partial charge in [0, 0.05) is 22.4 Å². The molecule has 33 heavy (non-hydrogen) atoms. The van der Waals surface area contributed by atoms with Gasteiger partial charge in [0.1, 0.15) is 0 Å². The molecule has 4 aromatic rings. The molecule has 1 N–H and O–H groups in total. The summed E-state index contributed by atoms with van der Waals surface area (Å²) in [4.78, 5) is 12.7. The van der Waals surface area contributed by atoms with Crippen molar-refractivity contribution in [3.05, 3.63) is 70.9 Å². The van der Waals surface area contributed by atoms with Crippen molar-refractivity contribution in [2.75, 3.05) is 11.1 Å². The number of nitrogens with one attached hydrogen (secondary N) is 1. The zero-order valence-electron chi connectivity index (χ0n) is 17.2. The van der Waals surface area contributed by atoms with Crippen molar-refractivity contribution < 1.29 is 17.7 Å². The van der Waals surface area contributed by atoms with Gasteiger partial charge in [0.15, 0.2) is 25.6 Å². The summed E-state index contributed by atoms with van der Waals surface area (Å²) >= 11 is 8.88. The van der Waals surface area contributed by atoms with Crippen molar-refractivity contribution in [3.8, 4) is 11.3 Å². The fourth-order valence-electron chi connectivity index (χ4n) is 2.75. The van der Waals surface area contributed by atoms with Gasteiger partial charge in [-0.2, -0.15) is 0 Å². The van der Waals surface area contributed by atoms with Crippen LogP contribution in [0.5, 0.6) is 0 Å². The van der Waals surface area contributed by atoms with Crippen molar-refractivity contribution >= 4 is 55.6 Å². The predicted molar refractivity (Wildman–Crippen MR) is 129 cm³/mol. The summed E-state index contributed by atoms with van der Waals surface area (Å²) in [5.41, 5.74) is 1.65. The number of carbonyl (C=O) groups excluding carboxylic acids is 1. The Kier molecular flexibility index (Phi) is 7.13. The van der Waals surface area contributed by atoms with Gasteiger partial charge in [0.25, 0.3) is 5.91 Å². The van der Waals surface area contributed by atoms with E-state index >= 15 is 0 Å². The molecule has 0 saturated heterocycles. The second-order valence-corrected chi connectivity index (χ2v) is 11.6. The normalized spacial score (nSPS) is 11.5. The fraction of sp³-hybridized carbons (Fsp3) is 0.143. The second-order valence-electron chi connectivity index (χ2n) is 6.71. The van der Waals surface area contributed by atoms with E-state index in [2.05, 4.69) is 20.7 Å².